The summed E-state index contributed by atoms with van der Waals surface area (Å²) in [4.78, 5) is 10.7. The molecule has 1 nitrogen and oxygen atoms in total. The molecule has 0 aromatic heterocycles. The van der Waals surface area contributed by atoms with Crippen molar-refractivity contribution in [2.24, 2.45) is 11.3 Å². The van der Waals surface area contributed by atoms with Gasteiger partial charge in [0.2, 0.25) is 5.24 Å². The molecule has 0 spiro atoms. The molecule has 0 aromatic carbocycles. The third-order valence-electron chi connectivity index (χ3n) is 2.42. The zero-order valence-electron chi connectivity index (χ0n) is 7.07. The first-order chi connectivity index (χ1) is 4.41. The highest BCUT2D eigenvalue weighted by Gasteiger charge is 2.28. The molecule has 0 rings (SSSR count). The van der Waals surface area contributed by atoms with E-state index in [1.54, 1.807) is 0 Å². The van der Waals surface area contributed by atoms with E-state index in [4.69, 9.17) is 11.6 Å². The fraction of sp³-hybridized carbons (Fsp3) is 0.875. The summed E-state index contributed by atoms with van der Waals surface area (Å²) < 4.78 is 0. The molecule has 0 amide bonds. The van der Waals surface area contributed by atoms with Gasteiger partial charge in [0, 0.05) is 5.92 Å². The second kappa shape index (κ2) is 3.38. The SMILES string of the molecule is CCC(C)(C)C(C)C(=O)Cl. The summed E-state index contributed by atoms with van der Waals surface area (Å²) in [5.41, 5.74) is 0.0405. The first-order valence-electron chi connectivity index (χ1n) is 3.61. The molecule has 10 heavy (non-hydrogen) atoms. The minimum absolute atomic E-state index is 0.0405. The maximum Gasteiger partial charge on any atom is 0.224 e. The van der Waals surface area contributed by atoms with Crippen LogP contribution in [0.5, 0.6) is 0 Å². The lowest BCUT2D eigenvalue weighted by atomic mass is 9.79. The summed E-state index contributed by atoms with van der Waals surface area (Å²) >= 11 is 5.35. The highest BCUT2D eigenvalue weighted by atomic mass is 35.5. The molecular weight excluding hydrogens is 148 g/mol. The van der Waals surface area contributed by atoms with Crippen molar-refractivity contribution in [3.63, 3.8) is 0 Å². The summed E-state index contributed by atoms with van der Waals surface area (Å²) in [6.45, 7) is 8.05. The van der Waals surface area contributed by atoms with Crippen molar-refractivity contribution in [1.29, 1.82) is 0 Å². The third-order valence-corrected chi connectivity index (χ3v) is 2.75. The standard InChI is InChI=1S/C8H15ClO/c1-5-8(3,4)6(2)7(9)10/h6H,5H2,1-4H3. The summed E-state index contributed by atoms with van der Waals surface area (Å²) in [6, 6.07) is 0. The maximum atomic E-state index is 10.7. The number of rotatable bonds is 3. The van der Waals surface area contributed by atoms with Crippen molar-refractivity contribution in [3.8, 4) is 0 Å². The van der Waals surface area contributed by atoms with Crippen LogP contribution in [0.1, 0.15) is 34.1 Å². The van der Waals surface area contributed by atoms with Gasteiger partial charge in [-0.05, 0) is 17.0 Å². The van der Waals surface area contributed by atoms with Crippen LogP contribution in [0.2, 0.25) is 0 Å². The summed E-state index contributed by atoms with van der Waals surface area (Å²) in [7, 11) is 0. The summed E-state index contributed by atoms with van der Waals surface area (Å²) in [5, 5.41) is -0.230. The van der Waals surface area contributed by atoms with Crippen molar-refractivity contribution >= 4 is 16.8 Å². The Labute approximate surface area is 67.8 Å². The van der Waals surface area contributed by atoms with Crippen molar-refractivity contribution in [1.82, 2.24) is 0 Å². The predicted octanol–water partition coefficient (Wildman–Crippen LogP) is 2.82. The smallest absolute Gasteiger partial charge is 0.224 e. The third kappa shape index (κ3) is 2.30. The van der Waals surface area contributed by atoms with Crippen LogP contribution in [-0.2, 0) is 4.79 Å². The fourth-order valence-electron chi connectivity index (χ4n) is 0.613. The maximum absolute atomic E-state index is 10.7. The van der Waals surface area contributed by atoms with Crippen molar-refractivity contribution in [2.75, 3.05) is 0 Å². The Kier molecular flexibility index (Phi) is 3.37. The predicted molar refractivity (Wildman–Crippen MR) is 44.1 cm³/mol. The number of hydrogen-bond donors (Lipinski definition) is 0. The summed E-state index contributed by atoms with van der Waals surface area (Å²) in [5.74, 6) is -0.0424. The first-order valence-corrected chi connectivity index (χ1v) is 3.99. The van der Waals surface area contributed by atoms with Gasteiger partial charge in [-0.3, -0.25) is 4.79 Å². The molecule has 0 heterocycles. The van der Waals surface area contributed by atoms with Crippen LogP contribution >= 0.6 is 11.6 Å². The van der Waals surface area contributed by atoms with Crippen molar-refractivity contribution < 1.29 is 4.79 Å². The quantitative estimate of drug-likeness (QED) is 0.584. The Balaban J connectivity index is 4.17. The van der Waals surface area contributed by atoms with Crippen LogP contribution in [0, 0.1) is 11.3 Å². The normalized spacial score (nSPS) is 14.9. The second-order valence-electron chi connectivity index (χ2n) is 3.37. The van der Waals surface area contributed by atoms with E-state index in [2.05, 4.69) is 20.8 Å². The van der Waals surface area contributed by atoms with Gasteiger partial charge in [-0.25, -0.2) is 0 Å². The Morgan fingerprint density at radius 3 is 2.10 bits per heavy atom. The van der Waals surface area contributed by atoms with E-state index in [0.717, 1.165) is 6.42 Å². The molecule has 0 saturated carbocycles. The lowest BCUT2D eigenvalue weighted by Crippen LogP contribution is -2.25. The minimum atomic E-state index is -0.230. The lowest BCUT2D eigenvalue weighted by molar-refractivity contribution is -0.117. The van der Waals surface area contributed by atoms with Crippen LogP contribution in [0.4, 0.5) is 0 Å². The molecule has 0 aromatic rings. The molecule has 0 fully saturated rings. The average Bonchev–Trinajstić information content (AvgIpc) is 1.86. The zero-order valence-corrected chi connectivity index (χ0v) is 7.83. The van der Waals surface area contributed by atoms with Crippen molar-refractivity contribution in [2.45, 2.75) is 34.1 Å². The van der Waals surface area contributed by atoms with Gasteiger partial charge in [0.1, 0.15) is 0 Å². The van der Waals surface area contributed by atoms with E-state index >= 15 is 0 Å². The molecule has 1 unspecified atom stereocenters. The number of carbonyl (C=O) groups is 1. The molecule has 0 aliphatic heterocycles. The Bertz CT molecular complexity index is 129. The van der Waals surface area contributed by atoms with Crippen LogP contribution in [0.25, 0.3) is 0 Å². The molecule has 2 heteroatoms. The van der Waals surface area contributed by atoms with E-state index in [1.165, 1.54) is 0 Å². The molecule has 0 radical (unpaired) electrons. The monoisotopic (exact) mass is 162 g/mol. The van der Waals surface area contributed by atoms with Gasteiger partial charge in [0.15, 0.2) is 0 Å². The van der Waals surface area contributed by atoms with Gasteiger partial charge in [-0.2, -0.15) is 0 Å². The highest BCUT2D eigenvalue weighted by molar-refractivity contribution is 6.64. The van der Waals surface area contributed by atoms with Crippen LogP contribution < -0.4 is 0 Å². The van der Waals surface area contributed by atoms with E-state index in [-0.39, 0.29) is 16.6 Å². The number of hydrogen-bond acceptors (Lipinski definition) is 1. The lowest BCUT2D eigenvalue weighted by Gasteiger charge is -2.27. The Hall–Kier alpha value is -0.0400. The van der Waals surface area contributed by atoms with Gasteiger partial charge in [0.25, 0.3) is 0 Å². The van der Waals surface area contributed by atoms with Crippen LogP contribution in [0.15, 0.2) is 0 Å². The van der Waals surface area contributed by atoms with E-state index < -0.39 is 0 Å². The van der Waals surface area contributed by atoms with E-state index in [0.29, 0.717) is 0 Å². The van der Waals surface area contributed by atoms with E-state index in [9.17, 15) is 4.79 Å². The molecule has 0 N–H and O–H groups in total. The fourth-order valence-corrected chi connectivity index (χ4v) is 0.909. The van der Waals surface area contributed by atoms with Gasteiger partial charge >= 0.3 is 0 Å². The van der Waals surface area contributed by atoms with Crippen molar-refractivity contribution in [3.05, 3.63) is 0 Å². The Morgan fingerprint density at radius 2 is 2.00 bits per heavy atom. The van der Waals surface area contributed by atoms with Crippen LogP contribution in [0.3, 0.4) is 0 Å². The number of carbonyl (C=O) groups excluding carboxylic acids is 1. The molecule has 1 atom stereocenters. The van der Waals surface area contributed by atoms with Gasteiger partial charge in [-0.15, -0.1) is 0 Å². The zero-order chi connectivity index (χ0) is 8.36. The Morgan fingerprint density at radius 1 is 1.60 bits per heavy atom. The van der Waals surface area contributed by atoms with Crippen LogP contribution in [-0.4, -0.2) is 5.24 Å². The van der Waals surface area contributed by atoms with Gasteiger partial charge < -0.3 is 0 Å². The highest BCUT2D eigenvalue weighted by Crippen LogP contribution is 2.31. The largest absolute Gasteiger partial charge is 0.281 e. The van der Waals surface area contributed by atoms with Gasteiger partial charge in [0.05, 0.1) is 0 Å². The van der Waals surface area contributed by atoms with Gasteiger partial charge in [-0.1, -0.05) is 34.1 Å². The molecule has 0 aliphatic carbocycles. The topological polar surface area (TPSA) is 17.1 Å². The minimum Gasteiger partial charge on any atom is -0.281 e. The molecule has 0 bridgehead atoms. The number of halogens is 1. The summed E-state index contributed by atoms with van der Waals surface area (Å²) in [6.07, 6.45) is 0.979. The molecule has 0 aliphatic rings. The molecule has 60 valence electrons. The van der Waals surface area contributed by atoms with E-state index in [1.807, 2.05) is 6.92 Å². The second-order valence-corrected chi connectivity index (χ2v) is 3.74. The molecular formula is C8H15ClO. The average molecular weight is 163 g/mol. The first kappa shape index (κ1) is 9.96. The molecule has 0 saturated heterocycles.